The molecule has 0 unspecified atom stereocenters. The summed E-state index contributed by atoms with van der Waals surface area (Å²) in [4.78, 5) is 0. The van der Waals surface area contributed by atoms with Crippen LogP contribution < -0.4 is 5.32 Å². The van der Waals surface area contributed by atoms with E-state index in [0.29, 0.717) is 12.6 Å². The Morgan fingerprint density at radius 1 is 1.28 bits per heavy atom. The number of rotatable bonds is 4. The monoisotopic (exact) mass is 371 g/mol. The molecule has 0 aliphatic carbocycles. The van der Waals surface area contributed by atoms with Crippen molar-refractivity contribution in [3.8, 4) is 0 Å². The Balaban J connectivity index is 1.98. The highest BCUT2D eigenvalue weighted by atomic mass is 79.9. The van der Waals surface area contributed by atoms with Gasteiger partial charge in [0.25, 0.3) is 0 Å². The predicted octanol–water partition coefficient (Wildman–Crippen LogP) is 4.96. The maximum Gasteiger partial charge on any atom is 0.183 e. The van der Waals surface area contributed by atoms with Gasteiger partial charge in [-0.3, -0.25) is 0 Å². The second-order valence-corrected chi connectivity index (χ2v) is 5.93. The number of benzene rings is 1. The normalized spacial score (nSPS) is 12.7. The number of halogens is 2. The van der Waals surface area contributed by atoms with Crippen LogP contribution in [0.25, 0.3) is 0 Å². The summed E-state index contributed by atoms with van der Waals surface area (Å²) in [5, 5.41) is 3.45. The highest BCUT2D eigenvalue weighted by molar-refractivity contribution is 9.13. The maximum atomic E-state index is 5.53. The molecule has 1 atom stereocenters. The lowest BCUT2D eigenvalue weighted by molar-refractivity contribution is 0.446. The zero-order valence-corrected chi connectivity index (χ0v) is 13.5. The average Bonchev–Trinajstić information content (AvgIpc) is 2.66. The standard InChI is InChI=1S/C14H15Br2NO/c1-9-4-3-5-11(6-9)10(2)17-8-12-7-13(15)14(16)18-12/h3-7,10,17H,8H2,1-2H3/t10-/m1/s1. The maximum absolute atomic E-state index is 5.53. The van der Waals surface area contributed by atoms with E-state index >= 15 is 0 Å². The molecule has 0 saturated heterocycles. The van der Waals surface area contributed by atoms with E-state index < -0.39 is 0 Å². The van der Waals surface area contributed by atoms with Gasteiger partial charge in [0, 0.05) is 6.04 Å². The first-order chi connectivity index (χ1) is 8.56. The summed E-state index contributed by atoms with van der Waals surface area (Å²) < 4.78 is 7.22. The summed E-state index contributed by atoms with van der Waals surface area (Å²) in [5.41, 5.74) is 2.57. The smallest absolute Gasteiger partial charge is 0.183 e. The van der Waals surface area contributed by atoms with Gasteiger partial charge in [-0.05, 0) is 57.3 Å². The van der Waals surface area contributed by atoms with E-state index in [1.807, 2.05) is 6.07 Å². The molecule has 0 aliphatic heterocycles. The molecule has 4 heteroatoms. The Kier molecular flexibility index (Phi) is 4.65. The summed E-state index contributed by atoms with van der Waals surface area (Å²) in [7, 11) is 0. The Morgan fingerprint density at radius 3 is 2.67 bits per heavy atom. The predicted molar refractivity (Wildman–Crippen MR) is 80.5 cm³/mol. The van der Waals surface area contributed by atoms with Crippen LogP contribution in [0.1, 0.15) is 29.9 Å². The van der Waals surface area contributed by atoms with Crippen LogP contribution in [-0.4, -0.2) is 0 Å². The topological polar surface area (TPSA) is 25.2 Å². The number of furan rings is 1. The average molecular weight is 373 g/mol. The molecular weight excluding hydrogens is 358 g/mol. The number of nitrogens with one attached hydrogen (secondary N) is 1. The molecule has 2 rings (SSSR count). The van der Waals surface area contributed by atoms with Crippen LogP contribution in [0, 0.1) is 6.92 Å². The Hall–Kier alpha value is -0.580. The molecule has 0 aliphatic rings. The van der Waals surface area contributed by atoms with E-state index in [2.05, 4.69) is 75.3 Å². The van der Waals surface area contributed by atoms with Crippen molar-refractivity contribution in [3.63, 3.8) is 0 Å². The van der Waals surface area contributed by atoms with Crippen molar-refractivity contribution >= 4 is 31.9 Å². The summed E-state index contributed by atoms with van der Waals surface area (Å²) in [6.45, 7) is 4.97. The molecule has 2 nitrogen and oxygen atoms in total. The second kappa shape index (κ2) is 6.04. The van der Waals surface area contributed by atoms with Crippen molar-refractivity contribution in [3.05, 3.63) is 56.4 Å². The van der Waals surface area contributed by atoms with Crippen LogP contribution in [0.2, 0.25) is 0 Å². The number of aryl methyl sites for hydroxylation is 1. The molecule has 96 valence electrons. The molecule has 0 radical (unpaired) electrons. The van der Waals surface area contributed by atoms with Crippen LogP contribution in [0.5, 0.6) is 0 Å². The van der Waals surface area contributed by atoms with Crippen molar-refractivity contribution in [2.75, 3.05) is 0 Å². The fraction of sp³-hybridized carbons (Fsp3) is 0.286. The summed E-state index contributed by atoms with van der Waals surface area (Å²) in [6.07, 6.45) is 0. The summed E-state index contributed by atoms with van der Waals surface area (Å²) >= 11 is 6.75. The highest BCUT2D eigenvalue weighted by Crippen LogP contribution is 2.27. The van der Waals surface area contributed by atoms with Gasteiger partial charge in [0.15, 0.2) is 4.67 Å². The van der Waals surface area contributed by atoms with Gasteiger partial charge >= 0.3 is 0 Å². The fourth-order valence-corrected chi connectivity index (χ4v) is 2.45. The minimum Gasteiger partial charge on any atom is -0.452 e. The van der Waals surface area contributed by atoms with Gasteiger partial charge in [-0.1, -0.05) is 29.8 Å². The highest BCUT2D eigenvalue weighted by Gasteiger charge is 2.09. The van der Waals surface area contributed by atoms with Crippen molar-refractivity contribution in [2.24, 2.45) is 0 Å². The molecule has 1 heterocycles. The van der Waals surface area contributed by atoms with Gasteiger partial charge in [0.1, 0.15) is 5.76 Å². The van der Waals surface area contributed by atoms with Gasteiger partial charge in [0.2, 0.25) is 0 Å². The summed E-state index contributed by atoms with van der Waals surface area (Å²) in [5.74, 6) is 0.910. The number of hydrogen-bond acceptors (Lipinski definition) is 2. The van der Waals surface area contributed by atoms with E-state index in [-0.39, 0.29) is 0 Å². The molecule has 1 aromatic carbocycles. The SMILES string of the molecule is Cc1cccc([C@@H](C)NCc2cc(Br)c(Br)o2)c1. The lowest BCUT2D eigenvalue weighted by atomic mass is 10.1. The summed E-state index contributed by atoms with van der Waals surface area (Å²) in [6, 6.07) is 10.8. The Morgan fingerprint density at radius 2 is 2.06 bits per heavy atom. The first-order valence-electron chi connectivity index (χ1n) is 5.80. The minimum atomic E-state index is 0.299. The first kappa shape index (κ1) is 13.8. The molecule has 18 heavy (non-hydrogen) atoms. The zero-order valence-electron chi connectivity index (χ0n) is 10.3. The van der Waals surface area contributed by atoms with E-state index in [9.17, 15) is 0 Å². The molecule has 1 N–H and O–H groups in total. The van der Waals surface area contributed by atoms with Crippen molar-refractivity contribution in [2.45, 2.75) is 26.4 Å². The second-order valence-electron chi connectivity index (χ2n) is 4.35. The zero-order chi connectivity index (χ0) is 13.1. The number of hydrogen-bond donors (Lipinski definition) is 1. The van der Waals surface area contributed by atoms with Gasteiger partial charge < -0.3 is 9.73 Å². The molecule has 0 spiro atoms. The van der Waals surface area contributed by atoms with Crippen LogP contribution in [0.15, 0.2) is 43.9 Å². The van der Waals surface area contributed by atoms with Gasteiger partial charge in [-0.2, -0.15) is 0 Å². The third kappa shape index (κ3) is 3.46. The van der Waals surface area contributed by atoms with E-state index in [1.54, 1.807) is 0 Å². The molecular formula is C14H15Br2NO. The molecule has 0 saturated carbocycles. The first-order valence-corrected chi connectivity index (χ1v) is 7.38. The van der Waals surface area contributed by atoms with Gasteiger partial charge in [-0.15, -0.1) is 0 Å². The lowest BCUT2D eigenvalue weighted by Gasteiger charge is -2.13. The van der Waals surface area contributed by atoms with Crippen LogP contribution in [0.4, 0.5) is 0 Å². The van der Waals surface area contributed by atoms with Crippen molar-refractivity contribution in [1.82, 2.24) is 5.32 Å². The Labute approximate surface area is 124 Å². The van der Waals surface area contributed by atoms with Crippen LogP contribution in [0.3, 0.4) is 0 Å². The van der Waals surface area contributed by atoms with Crippen molar-refractivity contribution < 1.29 is 4.42 Å². The van der Waals surface area contributed by atoms with Crippen LogP contribution in [-0.2, 0) is 6.54 Å². The van der Waals surface area contributed by atoms with Gasteiger partial charge in [0.05, 0.1) is 11.0 Å². The van der Waals surface area contributed by atoms with E-state index in [0.717, 1.165) is 14.9 Å². The molecule has 2 aromatic rings. The largest absolute Gasteiger partial charge is 0.452 e. The third-order valence-corrected chi connectivity index (χ3v) is 4.53. The minimum absolute atomic E-state index is 0.299. The van der Waals surface area contributed by atoms with Gasteiger partial charge in [-0.25, -0.2) is 0 Å². The lowest BCUT2D eigenvalue weighted by Crippen LogP contribution is -2.17. The van der Waals surface area contributed by atoms with Crippen molar-refractivity contribution in [1.29, 1.82) is 0 Å². The third-order valence-electron chi connectivity index (χ3n) is 2.82. The quantitative estimate of drug-likeness (QED) is 0.820. The molecule has 0 bridgehead atoms. The van der Waals surface area contributed by atoms with Crippen LogP contribution >= 0.6 is 31.9 Å². The molecule has 0 fully saturated rings. The van der Waals surface area contributed by atoms with E-state index in [4.69, 9.17) is 4.42 Å². The van der Waals surface area contributed by atoms with E-state index in [1.165, 1.54) is 11.1 Å². The molecule has 1 aromatic heterocycles. The fourth-order valence-electron chi connectivity index (χ4n) is 1.79. The Bertz CT molecular complexity index is 517. The molecule has 0 amide bonds.